The first-order chi connectivity index (χ1) is 6.34. The second-order valence-electron chi connectivity index (χ2n) is 2.32. The Hall–Kier alpha value is -0.950. The molecule has 1 aromatic rings. The summed E-state index contributed by atoms with van der Waals surface area (Å²) in [5.41, 5.74) is -2.21. The number of pyridine rings is 1. The number of H-pyrrole nitrogens is 1. The summed E-state index contributed by atoms with van der Waals surface area (Å²) in [6.45, 7) is 0. The van der Waals surface area contributed by atoms with Crippen molar-refractivity contribution >= 4 is 19.7 Å². The normalized spacial score (nSPS) is 12.0. The summed E-state index contributed by atoms with van der Waals surface area (Å²) in [7, 11) is 0.484. The number of hydrogen-bond acceptors (Lipinski definition) is 3. The number of hydrogen-bond donors (Lipinski definition) is 1. The van der Waals surface area contributed by atoms with Crippen LogP contribution in [0.1, 0.15) is 12.0 Å². The van der Waals surface area contributed by atoms with Crippen molar-refractivity contribution in [2.45, 2.75) is 11.5 Å². The van der Waals surface area contributed by atoms with E-state index in [1.165, 1.54) is 0 Å². The van der Waals surface area contributed by atoms with E-state index in [0.29, 0.717) is 0 Å². The number of nitrogens with one attached hydrogen (secondary N) is 1. The maximum absolute atomic E-state index is 12.3. The highest BCUT2D eigenvalue weighted by Crippen LogP contribution is 2.23. The van der Waals surface area contributed by atoms with Gasteiger partial charge in [0.2, 0.25) is 0 Å². The average Bonchev–Trinajstić information content (AvgIpc) is 2.01. The lowest BCUT2D eigenvalue weighted by atomic mass is 10.3. The van der Waals surface area contributed by atoms with Crippen molar-refractivity contribution in [3.8, 4) is 0 Å². The molecular weight excluding hydrogens is 240 g/mol. The Kier molecular flexibility index (Phi) is 2.91. The number of rotatable bonds is 2. The van der Waals surface area contributed by atoms with Crippen molar-refractivity contribution in [1.82, 2.24) is 4.98 Å². The molecule has 0 unspecified atom stereocenters. The summed E-state index contributed by atoms with van der Waals surface area (Å²) in [4.78, 5) is 12.9. The van der Waals surface area contributed by atoms with E-state index in [1.54, 1.807) is 0 Å². The summed E-state index contributed by atoms with van der Waals surface area (Å²) in [6.07, 6.45) is -2.26. The zero-order valence-corrected chi connectivity index (χ0v) is 8.07. The van der Waals surface area contributed by atoms with Gasteiger partial charge in [0.25, 0.3) is 15.5 Å². The number of aromatic nitrogens is 1. The van der Waals surface area contributed by atoms with Crippen LogP contribution >= 0.6 is 10.7 Å². The fourth-order valence-electron chi connectivity index (χ4n) is 0.881. The van der Waals surface area contributed by atoms with E-state index in [1.807, 2.05) is 4.98 Å². The van der Waals surface area contributed by atoms with Gasteiger partial charge in [0.15, 0.2) is 10.5 Å². The molecule has 0 aromatic carbocycles. The molecule has 0 saturated heterocycles. The standard InChI is InChI=1S/C6H4ClF2NO3S/c7-14(12,13)6-4(5(8)9)3(11)1-2-10-6/h1-2,5H,(H,10,11). The van der Waals surface area contributed by atoms with Crippen LogP contribution in [-0.4, -0.2) is 13.4 Å². The van der Waals surface area contributed by atoms with E-state index >= 15 is 0 Å². The van der Waals surface area contributed by atoms with E-state index in [4.69, 9.17) is 10.7 Å². The topological polar surface area (TPSA) is 67.0 Å². The van der Waals surface area contributed by atoms with Crippen molar-refractivity contribution in [3.63, 3.8) is 0 Å². The van der Waals surface area contributed by atoms with E-state index in [2.05, 4.69) is 0 Å². The Labute approximate surface area is 81.9 Å². The molecule has 8 heteroatoms. The van der Waals surface area contributed by atoms with Crippen LogP contribution in [0.5, 0.6) is 0 Å². The lowest BCUT2D eigenvalue weighted by Crippen LogP contribution is -2.14. The van der Waals surface area contributed by atoms with Gasteiger partial charge in [-0.3, -0.25) is 4.79 Å². The second kappa shape index (κ2) is 3.66. The summed E-state index contributed by atoms with van der Waals surface area (Å²) in [6, 6.07) is 0.799. The molecule has 0 amide bonds. The molecule has 0 spiro atoms. The molecule has 0 fully saturated rings. The van der Waals surface area contributed by atoms with Gasteiger partial charge < -0.3 is 4.98 Å². The minimum Gasteiger partial charge on any atom is -0.351 e. The molecule has 1 heterocycles. The zero-order chi connectivity index (χ0) is 10.9. The lowest BCUT2D eigenvalue weighted by molar-refractivity contribution is 0.146. The highest BCUT2D eigenvalue weighted by atomic mass is 35.7. The number of halogens is 3. The minimum atomic E-state index is -4.36. The highest BCUT2D eigenvalue weighted by molar-refractivity contribution is 8.13. The summed E-state index contributed by atoms with van der Waals surface area (Å²) >= 11 is 0. The smallest absolute Gasteiger partial charge is 0.277 e. The Morgan fingerprint density at radius 1 is 1.43 bits per heavy atom. The van der Waals surface area contributed by atoms with Crippen molar-refractivity contribution in [1.29, 1.82) is 0 Å². The van der Waals surface area contributed by atoms with Crippen molar-refractivity contribution < 1.29 is 17.2 Å². The molecule has 0 radical (unpaired) electrons. The van der Waals surface area contributed by atoms with Crippen molar-refractivity contribution in [2.75, 3.05) is 0 Å². The Bertz CT molecular complexity index is 496. The maximum atomic E-state index is 12.3. The third-order valence-corrected chi connectivity index (χ3v) is 2.71. The van der Waals surface area contributed by atoms with Gasteiger partial charge in [-0.15, -0.1) is 0 Å². The first-order valence-electron chi connectivity index (χ1n) is 3.28. The molecule has 1 rings (SSSR count). The molecular formula is C6H4ClF2NO3S. The predicted octanol–water partition coefficient (Wildman–Crippen LogP) is 1.24. The van der Waals surface area contributed by atoms with E-state index < -0.39 is 31.5 Å². The second-order valence-corrected chi connectivity index (χ2v) is 4.83. The van der Waals surface area contributed by atoms with Gasteiger partial charge in [-0.2, -0.15) is 0 Å². The third-order valence-electron chi connectivity index (χ3n) is 1.42. The lowest BCUT2D eigenvalue weighted by Gasteiger charge is -2.03. The first-order valence-corrected chi connectivity index (χ1v) is 5.59. The summed E-state index contributed by atoms with van der Waals surface area (Å²) < 4.78 is 46.1. The van der Waals surface area contributed by atoms with E-state index in [0.717, 1.165) is 12.3 Å². The number of aromatic amines is 1. The SMILES string of the molecule is O=c1cc[nH]c(S(=O)(=O)Cl)c1C(F)F. The number of alkyl halides is 2. The largest absolute Gasteiger partial charge is 0.351 e. The fraction of sp³-hybridized carbons (Fsp3) is 0.167. The molecule has 0 saturated carbocycles. The van der Waals surface area contributed by atoms with Crippen molar-refractivity contribution in [2.24, 2.45) is 0 Å². The molecule has 0 bridgehead atoms. The van der Waals surface area contributed by atoms with E-state index in [9.17, 15) is 22.0 Å². The Morgan fingerprint density at radius 2 is 2.00 bits per heavy atom. The average molecular weight is 244 g/mol. The van der Waals surface area contributed by atoms with E-state index in [-0.39, 0.29) is 0 Å². The fourth-order valence-corrected chi connectivity index (χ4v) is 1.92. The van der Waals surface area contributed by atoms with Crippen LogP contribution in [0.2, 0.25) is 0 Å². The van der Waals surface area contributed by atoms with Crippen LogP contribution in [0.4, 0.5) is 8.78 Å². The van der Waals surface area contributed by atoms with Gasteiger partial charge >= 0.3 is 0 Å². The molecule has 14 heavy (non-hydrogen) atoms. The molecule has 0 aliphatic carbocycles. The Morgan fingerprint density at radius 3 is 2.36 bits per heavy atom. The van der Waals surface area contributed by atoms with Gasteiger partial charge in [0, 0.05) is 22.9 Å². The van der Waals surface area contributed by atoms with Crippen molar-refractivity contribution in [3.05, 3.63) is 28.0 Å². The molecule has 1 N–H and O–H groups in total. The van der Waals surface area contributed by atoms with Crippen LogP contribution in [0, 0.1) is 0 Å². The monoisotopic (exact) mass is 243 g/mol. The summed E-state index contributed by atoms with van der Waals surface area (Å²) in [5, 5.41) is -0.957. The molecule has 1 aromatic heterocycles. The quantitative estimate of drug-likeness (QED) is 0.795. The molecule has 4 nitrogen and oxygen atoms in total. The molecule has 0 aliphatic rings. The highest BCUT2D eigenvalue weighted by Gasteiger charge is 2.24. The Balaban J connectivity index is 3.61. The van der Waals surface area contributed by atoms with Gasteiger partial charge in [-0.1, -0.05) is 0 Å². The van der Waals surface area contributed by atoms with Crippen LogP contribution in [-0.2, 0) is 9.05 Å². The van der Waals surface area contributed by atoms with Crippen LogP contribution < -0.4 is 5.43 Å². The minimum absolute atomic E-state index is 0.799. The van der Waals surface area contributed by atoms with Gasteiger partial charge in [0.1, 0.15) is 5.56 Å². The van der Waals surface area contributed by atoms with Crippen LogP contribution in [0.15, 0.2) is 22.1 Å². The zero-order valence-electron chi connectivity index (χ0n) is 6.50. The summed E-state index contributed by atoms with van der Waals surface area (Å²) in [5.74, 6) is 0. The van der Waals surface area contributed by atoms with Gasteiger partial charge in [0.05, 0.1) is 0 Å². The molecule has 0 atom stereocenters. The predicted molar refractivity (Wildman–Crippen MR) is 45.1 cm³/mol. The van der Waals surface area contributed by atoms with Gasteiger partial charge in [-0.05, 0) is 0 Å². The van der Waals surface area contributed by atoms with Crippen LogP contribution in [0.3, 0.4) is 0 Å². The molecule has 0 aliphatic heterocycles. The first kappa shape index (κ1) is 11.1. The van der Waals surface area contributed by atoms with Crippen LogP contribution in [0.25, 0.3) is 0 Å². The third kappa shape index (κ3) is 2.10. The molecule has 78 valence electrons. The van der Waals surface area contributed by atoms with Gasteiger partial charge in [-0.25, -0.2) is 17.2 Å². The maximum Gasteiger partial charge on any atom is 0.277 e.